The first-order valence-corrected chi connectivity index (χ1v) is 6.28. The summed E-state index contributed by atoms with van der Waals surface area (Å²) in [5.41, 5.74) is -0.212. The summed E-state index contributed by atoms with van der Waals surface area (Å²) in [6.45, 7) is 0.126. The Hall–Kier alpha value is -2.65. The molecule has 0 aliphatic rings. The van der Waals surface area contributed by atoms with Gasteiger partial charge >= 0.3 is 5.69 Å². The first-order chi connectivity index (χ1) is 10.1. The molecule has 6 heteroatoms. The molecule has 2 rings (SSSR count). The normalized spacial score (nSPS) is 10.0. The maximum atomic E-state index is 13.2. The fourth-order valence-corrected chi connectivity index (χ4v) is 1.76. The number of benzene rings is 1. The van der Waals surface area contributed by atoms with E-state index in [1.54, 1.807) is 24.3 Å². The monoisotopic (exact) mass is 288 g/mol. The van der Waals surface area contributed by atoms with Crippen LogP contribution in [0.25, 0.3) is 0 Å². The molecule has 0 spiro atoms. The number of aliphatic hydroxyl groups is 1. The minimum Gasteiger partial charge on any atom is -0.395 e. The van der Waals surface area contributed by atoms with Gasteiger partial charge in [-0.25, -0.2) is 4.79 Å². The zero-order valence-corrected chi connectivity index (χ0v) is 11.1. The molecule has 21 heavy (non-hydrogen) atoms. The number of aromatic amines is 1. The maximum absolute atomic E-state index is 13.2. The van der Waals surface area contributed by atoms with Crippen molar-refractivity contribution in [2.75, 3.05) is 6.61 Å². The third-order valence-corrected chi connectivity index (χ3v) is 2.72. The molecule has 0 unspecified atom stereocenters. The molecule has 0 atom stereocenters. The third kappa shape index (κ3) is 3.91. The van der Waals surface area contributed by atoms with E-state index < -0.39 is 17.1 Å². The number of hydrogen-bond donors (Lipinski definition) is 2. The fraction of sp³-hybridized carbons (Fsp3) is 0.200. The summed E-state index contributed by atoms with van der Waals surface area (Å²) in [4.78, 5) is 24.4. The largest absolute Gasteiger partial charge is 0.395 e. The van der Waals surface area contributed by atoms with Crippen LogP contribution in [0, 0.1) is 17.7 Å². The van der Waals surface area contributed by atoms with Crippen molar-refractivity contribution >= 4 is 0 Å². The maximum Gasteiger partial charge on any atom is 0.328 e. The van der Waals surface area contributed by atoms with Crippen molar-refractivity contribution in [1.29, 1.82) is 0 Å². The van der Waals surface area contributed by atoms with Gasteiger partial charge in [-0.1, -0.05) is 24.0 Å². The molecule has 0 saturated heterocycles. The summed E-state index contributed by atoms with van der Waals surface area (Å²) < 4.78 is 14.3. The van der Waals surface area contributed by atoms with E-state index in [9.17, 15) is 14.0 Å². The van der Waals surface area contributed by atoms with E-state index in [4.69, 9.17) is 5.11 Å². The lowest BCUT2D eigenvalue weighted by Gasteiger charge is -2.05. The van der Waals surface area contributed by atoms with Crippen molar-refractivity contribution in [1.82, 2.24) is 9.55 Å². The third-order valence-electron chi connectivity index (χ3n) is 2.72. The van der Waals surface area contributed by atoms with Crippen molar-refractivity contribution in [3.63, 3.8) is 0 Å². The molecular weight excluding hydrogens is 275 g/mol. The number of aliphatic hydroxyl groups excluding tert-OH is 1. The van der Waals surface area contributed by atoms with Crippen LogP contribution in [0.2, 0.25) is 0 Å². The fourth-order valence-electron chi connectivity index (χ4n) is 1.76. The summed E-state index contributed by atoms with van der Waals surface area (Å²) in [5.74, 6) is 4.67. The second-order valence-corrected chi connectivity index (χ2v) is 4.34. The Morgan fingerprint density at radius 1 is 1.33 bits per heavy atom. The highest BCUT2D eigenvalue weighted by atomic mass is 19.1. The molecule has 1 heterocycles. The average molecular weight is 288 g/mol. The van der Waals surface area contributed by atoms with E-state index in [0.717, 1.165) is 21.9 Å². The van der Waals surface area contributed by atoms with E-state index in [1.165, 1.54) is 0 Å². The van der Waals surface area contributed by atoms with Crippen molar-refractivity contribution < 1.29 is 9.50 Å². The summed E-state index contributed by atoms with van der Waals surface area (Å²) in [7, 11) is 0. The van der Waals surface area contributed by atoms with Crippen LogP contribution in [0.4, 0.5) is 4.39 Å². The number of aromatic nitrogens is 2. The number of nitrogens with one attached hydrogen (secondary N) is 1. The van der Waals surface area contributed by atoms with Gasteiger partial charge in [-0.05, 0) is 17.7 Å². The molecule has 1 aromatic heterocycles. The number of hydrogen-bond acceptors (Lipinski definition) is 3. The minimum absolute atomic E-state index is 0.00125. The lowest BCUT2D eigenvalue weighted by Crippen LogP contribution is -2.31. The van der Waals surface area contributed by atoms with Gasteiger partial charge in [-0.3, -0.25) is 14.3 Å². The van der Waals surface area contributed by atoms with Gasteiger partial charge in [0.1, 0.15) is 0 Å². The Kier molecular flexibility index (Phi) is 4.69. The lowest BCUT2D eigenvalue weighted by molar-refractivity contribution is 0.305. The Morgan fingerprint density at radius 3 is 2.90 bits per heavy atom. The van der Waals surface area contributed by atoms with Crippen molar-refractivity contribution in [2.24, 2.45) is 0 Å². The average Bonchev–Trinajstić information content (AvgIpc) is 2.45. The molecule has 0 aliphatic carbocycles. The van der Waals surface area contributed by atoms with Crippen LogP contribution in [0.3, 0.4) is 0 Å². The molecule has 108 valence electrons. The van der Waals surface area contributed by atoms with Crippen molar-refractivity contribution in [2.45, 2.75) is 13.0 Å². The summed E-state index contributed by atoms with van der Waals surface area (Å²) in [6.07, 6.45) is 1.26. The molecule has 5 nitrogen and oxygen atoms in total. The molecule has 0 bridgehead atoms. The Labute approximate surface area is 119 Å². The molecule has 0 fully saturated rings. The summed E-state index contributed by atoms with van der Waals surface area (Å²) in [6, 6.07) is 7.10. The van der Waals surface area contributed by atoms with Gasteiger partial charge in [0, 0.05) is 12.0 Å². The zero-order chi connectivity index (χ0) is 15.2. The van der Waals surface area contributed by atoms with Gasteiger partial charge in [0.2, 0.25) is 5.82 Å². The molecule has 2 N–H and O–H groups in total. The first-order valence-electron chi connectivity index (χ1n) is 6.28. The Bertz CT molecular complexity index is 812. The molecule has 0 amide bonds. The molecule has 2 aromatic rings. The van der Waals surface area contributed by atoms with Gasteiger partial charge in [-0.2, -0.15) is 4.39 Å². The quantitative estimate of drug-likeness (QED) is 0.806. The van der Waals surface area contributed by atoms with Gasteiger partial charge in [0.25, 0.3) is 5.56 Å². The highest BCUT2D eigenvalue weighted by molar-refractivity contribution is 5.37. The van der Waals surface area contributed by atoms with Crippen LogP contribution < -0.4 is 11.2 Å². The summed E-state index contributed by atoms with van der Waals surface area (Å²) >= 11 is 0. The number of rotatable bonds is 3. The predicted octanol–water partition coefficient (Wildman–Crippen LogP) is 0.458. The van der Waals surface area contributed by atoms with Gasteiger partial charge in [-0.15, -0.1) is 0 Å². The lowest BCUT2D eigenvalue weighted by atomic mass is 10.1. The van der Waals surface area contributed by atoms with Gasteiger partial charge < -0.3 is 5.11 Å². The second-order valence-electron chi connectivity index (χ2n) is 4.34. The SMILES string of the molecule is O=c1[nH]c(=O)n(Cc2cccc(C#CCCO)c2)cc1F. The number of nitrogens with zero attached hydrogens (tertiary/aromatic N) is 1. The molecule has 0 aliphatic heterocycles. The number of H-pyrrole nitrogens is 1. The van der Waals surface area contributed by atoms with Crippen LogP contribution in [-0.2, 0) is 6.54 Å². The number of halogens is 1. The summed E-state index contributed by atoms with van der Waals surface area (Å²) in [5, 5.41) is 8.67. The smallest absolute Gasteiger partial charge is 0.328 e. The zero-order valence-electron chi connectivity index (χ0n) is 11.1. The molecule has 0 saturated carbocycles. The van der Waals surface area contributed by atoms with Crippen LogP contribution >= 0.6 is 0 Å². The van der Waals surface area contributed by atoms with Crippen molar-refractivity contribution in [3.05, 3.63) is 68.2 Å². The van der Waals surface area contributed by atoms with E-state index in [-0.39, 0.29) is 13.2 Å². The predicted molar refractivity (Wildman–Crippen MR) is 75.4 cm³/mol. The van der Waals surface area contributed by atoms with Gasteiger partial charge in [0.15, 0.2) is 0 Å². The second kappa shape index (κ2) is 6.68. The Balaban J connectivity index is 2.27. The van der Waals surface area contributed by atoms with Crippen LogP contribution in [-0.4, -0.2) is 21.3 Å². The van der Waals surface area contributed by atoms with Gasteiger partial charge in [0.05, 0.1) is 19.3 Å². The first kappa shape index (κ1) is 14.8. The molecule has 1 aromatic carbocycles. The van der Waals surface area contributed by atoms with Crippen LogP contribution in [0.5, 0.6) is 0 Å². The topological polar surface area (TPSA) is 75.1 Å². The van der Waals surface area contributed by atoms with E-state index in [1.807, 2.05) is 4.98 Å². The minimum atomic E-state index is -1.03. The Morgan fingerprint density at radius 2 is 2.14 bits per heavy atom. The van der Waals surface area contributed by atoms with E-state index in [2.05, 4.69) is 11.8 Å². The van der Waals surface area contributed by atoms with Crippen molar-refractivity contribution in [3.8, 4) is 11.8 Å². The standard InChI is InChI=1S/C15H13FN2O3/c16-13-10-18(15(21)17-14(13)20)9-12-6-3-5-11(8-12)4-1-2-7-19/h3,5-6,8,10,19H,2,7,9H2,(H,17,20,21). The molecule has 0 radical (unpaired) electrons. The highest BCUT2D eigenvalue weighted by Gasteiger charge is 2.04. The highest BCUT2D eigenvalue weighted by Crippen LogP contribution is 2.05. The molecular formula is C15H13FN2O3. The van der Waals surface area contributed by atoms with E-state index >= 15 is 0 Å². The van der Waals surface area contributed by atoms with Crippen LogP contribution in [0.15, 0.2) is 40.1 Å². The van der Waals surface area contributed by atoms with Crippen LogP contribution in [0.1, 0.15) is 17.5 Å². The van der Waals surface area contributed by atoms with E-state index in [0.29, 0.717) is 6.42 Å².